The van der Waals surface area contributed by atoms with E-state index >= 15 is 0 Å². The Morgan fingerprint density at radius 2 is 2.18 bits per heavy atom. The fourth-order valence-electron chi connectivity index (χ4n) is 2.46. The van der Waals surface area contributed by atoms with Crippen molar-refractivity contribution in [2.45, 2.75) is 12.5 Å². The standard InChI is InChI=1S/C12H13F2N3/c13-9-2-1-8(7-10(9)14)11-3-4-15-12-16-5-6-17(11)12/h1-2,7,11H,3-6H2,(H,15,16). The first-order chi connectivity index (χ1) is 8.25. The normalized spacial score (nSPS) is 23.1. The van der Waals surface area contributed by atoms with Crippen molar-refractivity contribution >= 4 is 5.96 Å². The molecule has 0 aliphatic carbocycles. The van der Waals surface area contributed by atoms with Crippen LogP contribution >= 0.6 is 0 Å². The lowest BCUT2D eigenvalue weighted by Crippen LogP contribution is -2.37. The van der Waals surface area contributed by atoms with Gasteiger partial charge < -0.3 is 10.2 Å². The Bertz CT molecular complexity index is 473. The van der Waals surface area contributed by atoms with E-state index in [4.69, 9.17) is 0 Å². The Labute approximate surface area is 98.1 Å². The molecule has 1 atom stereocenters. The Kier molecular flexibility index (Phi) is 2.46. The summed E-state index contributed by atoms with van der Waals surface area (Å²) in [5.74, 6) is -0.692. The van der Waals surface area contributed by atoms with Crippen molar-refractivity contribution in [3.05, 3.63) is 35.4 Å². The molecule has 90 valence electrons. The second-order valence-corrected chi connectivity index (χ2v) is 4.30. The lowest BCUT2D eigenvalue weighted by Gasteiger charge is -2.32. The van der Waals surface area contributed by atoms with Crippen LogP contribution in [0.25, 0.3) is 0 Å². The van der Waals surface area contributed by atoms with Gasteiger partial charge in [-0.1, -0.05) is 6.07 Å². The van der Waals surface area contributed by atoms with E-state index in [1.165, 1.54) is 12.1 Å². The van der Waals surface area contributed by atoms with E-state index in [1.807, 2.05) is 0 Å². The van der Waals surface area contributed by atoms with Crippen molar-refractivity contribution in [1.82, 2.24) is 10.2 Å². The monoisotopic (exact) mass is 237 g/mol. The molecule has 2 aliphatic heterocycles. The number of hydrogen-bond acceptors (Lipinski definition) is 3. The number of benzene rings is 1. The highest BCUT2D eigenvalue weighted by molar-refractivity contribution is 5.82. The molecule has 1 N–H and O–H groups in total. The highest BCUT2D eigenvalue weighted by Crippen LogP contribution is 2.29. The fourth-order valence-corrected chi connectivity index (χ4v) is 2.46. The summed E-state index contributed by atoms with van der Waals surface area (Å²) < 4.78 is 26.1. The second-order valence-electron chi connectivity index (χ2n) is 4.30. The first-order valence-corrected chi connectivity index (χ1v) is 5.75. The highest BCUT2D eigenvalue weighted by atomic mass is 19.2. The first kappa shape index (κ1) is 10.5. The molecule has 0 bridgehead atoms. The number of guanidine groups is 1. The zero-order valence-electron chi connectivity index (χ0n) is 9.29. The van der Waals surface area contributed by atoms with Crippen LogP contribution in [-0.2, 0) is 0 Å². The molecule has 17 heavy (non-hydrogen) atoms. The van der Waals surface area contributed by atoms with Crippen LogP contribution in [0.3, 0.4) is 0 Å². The van der Waals surface area contributed by atoms with E-state index in [1.54, 1.807) is 6.07 Å². The molecule has 0 aromatic heterocycles. The van der Waals surface area contributed by atoms with E-state index in [0.29, 0.717) is 0 Å². The van der Waals surface area contributed by atoms with Crippen molar-refractivity contribution in [3.63, 3.8) is 0 Å². The minimum atomic E-state index is -0.794. The molecule has 3 rings (SSSR count). The molecule has 5 heteroatoms. The second kappa shape index (κ2) is 3.98. The van der Waals surface area contributed by atoms with Crippen LogP contribution in [0.5, 0.6) is 0 Å². The zero-order valence-corrected chi connectivity index (χ0v) is 9.29. The van der Waals surface area contributed by atoms with Crippen LogP contribution in [-0.4, -0.2) is 30.5 Å². The van der Waals surface area contributed by atoms with Crippen LogP contribution in [0, 0.1) is 11.6 Å². The van der Waals surface area contributed by atoms with Gasteiger partial charge in [0.1, 0.15) is 0 Å². The molecule has 0 radical (unpaired) electrons. The SMILES string of the molecule is Fc1ccc(C2CCN=C3NCCN32)cc1F. The first-order valence-electron chi connectivity index (χ1n) is 5.75. The maximum absolute atomic E-state index is 13.2. The van der Waals surface area contributed by atoms with Crippen LogP contribution in [0.4, 0.5) is 8.78 Å². The van der Waals surface area contributed by atoms with Crippen molar-refractivity contribution < 1.29 is 8.78 Å². The van der Waals surface area contributed by atoms with Crippen LogP contribution < -0.4 is 5.32 Å². The molecule has 3 nitrogen and oxygen atoms in total. The highest BCUT2D eigenvalue weighted by Gasteiger charge is 2.30. The summed E-state index contributed by atoms with van der Waals surface area (Å²) in [5.41, 5.74) is 0.819. The van der Waals surface area contributed by atoms with Crippen LogP contribution in [0.15, 0.2) is 23.2 Å². The van der Waals surface area contributed by atoms with Gasteiger partial charge in [0.2, 0.25) is 0 Å². The van der Waals surface area contributed by atoms with Crippen molar-refractivity contribution in [2.75, 3.05) is 19.6 Å². The maximum atomic E-state index is 13.2. The van der Waals surface area contributed by atoms with Crippen LogP contribution in [0.1, 0.15) is 18.0 Å². The minimum Gasteiger partial charge on any atom is -0.354 e. The molecular weight excluding hydrogens is 224 g/mol. The summed E-state index contributed by atoms with van der Waals surface area (Å²) in [4.78, 5) is 6.49. The van der Waals surface area contributed by atoms with E-state index < -0.39 is 11.6 Å². The summed E-state index contributed by atoms with van der Waals surface area (Å²) in [6, 6.07) is 4.25. The smallest absolute Gasteiger partial charge is 0.194 e. The van der Waals surface area contributed by atoms with Crippen molar-refractivity contribution in [1.29, 1.82) is 0 Å². The average molecular weight is 237 g/mol. The van der Waals surface area contributed by atoms with Crippen LogP contribution in [0.2, 0.25) is 0 Å². The van der Waals surface area contributed by atoms with Gasteiger partial charge in [-0.2, -0.15) is 0 Å². The van der Waals surface area contributed by atoms with E-state index in [2.05, 4.69) is 15.2 Å². The number of rotatable bonds is 1. The zero-order chi connectivity index (χ0) is 11.8. The van der Waals surface area contributed by atoms with Gasteiger partial charge in [-0.05, 0) is 24.1 Å². The summed E-state index contributed by atoms with van der Waals surface area (Å²) in [5, 5.41) is 3.19. The Hall–Kier alpha value is -1.65. The Balaban J connectivity index is 1.93. The number of hydrogen-bond donors (Lipinski definition) is 1. The maximum Gasteiger partial charge on any atom is 0.194 e. The van der Waals surface area contributed by atoms with E-state index in [-0.39, 0.29) is 6.04 Å². The Morgan fingerprint density at radius 1 is 1.29 bits per heavy atom. The molecule has 1 aromatic carbocycles. The third kappa shape index (κ3) is 1.75. The number of fused-ring (bicyclic) bond motifs is 1. The molecule has 0 spiro atoms. The van der Waals surface area contributed by atoms with Gasteiger partial charge in [-0.3, -0.25) is 4.99 Å². The topological polar surface area (TPSA) is 27.6 Å². The third-order valence-corrected chi connectivity index (χ3v) is 3.28. The molecule has 0 saturated carbocycles. The van der Waals surface area contributed by atoms with Gasteiger partial charge in [-0.15, -0.1) is 0 Å². The molecule has 2 aliphatic rings. The molecule has 1 fully saturated rings. The molecule has 0 amide bonds. The number of nitrogens with zero attached hydrogens (tertiary/aromatic N) is 2. The van der Waals surface area contributed by atoms with E-state index in [9.17, 15) is 8.78 Å². The van der Waals surface area contributed by atoms with Gasteiger partial charge in [-0.25, -0.2) is 8.78 Å². The Morgan fingerprint density at radius 3 is 3.00 bits per heavy atom. The summed E-state index contributed by atoms with van der Waals surface area (Å²) in [6.45, 7) is 2.45. The van der Waals surface area contributed by atoms with Gasteiger partial charge in [0.25, 0.3) is 0 Å². The summed E-state index contributed by atoms with van der Waals surface area (Å²) in [7, 11) is 0. The molecule has 1 saturated heterocycles. The lowest BCUT2D eigenvalue weighted by molar-refractivity contribution is 0.313. The molecular formula is C12H13F2N3. The predicted octanol–water partition coefficient (Wildman–Crippen LogP) is 1.67. The van der Waals surface area contributed by atoms with Crippen molar-refractivity contribution in [2.24, 2.45) is 4.99 Å². The third-order valence-electron chi connectivity index (χ3n) is 3.28. The summed E-state index contributed by atoms with van der Waals surface area (Å²) in [6.07, 6.45) is 0.844. The number of nitrogens with one attached hydrogen (secondary N) is 1. The minimum absolute atomic E-state index is 0.104. The molecule has 1 aromatic rings. The van der Waals surface area contributed by atoms with Gasteiger partial charge >= 0.3 is 0 Å². The molecule has 1 unspecified atom stereocenters. The quantitative estimate of drug-likeness (QED) is 0.804. The van der Waals surface area contributed by atoms with Gasteiger partial charge in [0, 0.05) is 19.6 Å². The van der Waals surface area contributed by atoms with Gasteiger partial charge in [0.15, 0.2) is 17.6 Å². The summed E-state index contributed by atoms with van der Waals surface area (Å²) >= 11 is 0. The molecule has 2 heterocycles. The average Bonchev–Trinajstić information content (AvgIpc) is 2.80. The predicted molar refractivity (Wildman–Crippen MR) is 60.7 cm³/mol. The fraction of sp³-hybridized carbons (Fsp3) is 0.417. The lowest BCUT2D eigenvalue weighted by atomic mass is 10.0. The number of aliphatic imine (C=N–C) groups is 1. The van der Waals surface area contributed by atoms with Crippen molar-refractivity contribution in [3.8, 4) is 0 Å². The largest absolute Gasteiger partial charge is 0.354 e. The van der Waals surface area contributed by atoms with E-state index in [0.717, 1.165) is 37.6 Å². The number of halogens is 2. The van der Waals surface area contributed by atoms with Gasteiger partial charge in [0.05, 0.1) is 6.04 Å².